The first-order chi connectivity index (χ1) is 7.47. The van der Waals surface area contributed by atoms with Crippen molar-refractivity contribution >= 4 is 37.8 Å². The van der Waals surface area contributed by atoms with E-state index in [0.717, 1.165) is 15.4 Å². The van der Waals surface area contributed by atoms with Gasteiger partial charge in [0.2, 0.25) is 0 Å². The quantitative estimate of drug-likeness (QED) is 0.764. The Balaban J connectivity index is 2.92. The normalized spacial score (nSPS) is 12.3. The Morgan fingerprint density at radius 1 is 1.50 bits per heavy atom. The fraction of sp³-hybridized carbons (Fsp3) is 0.417. The molecule has 0 aliphatic heterocycles. The molecule has 0 saturated heterocycles. The average molecular weight is 349 g/mol. The Kier molecular flexibility index (Phi) is 4.99. The molecule has 0 fully saturated rings. The van der Waals surface area contributed by atoms with Gasteiger partial charge in [0.1, 0.15) is 0 Å². The molecular weight excluding hydrogens is 334 g/mol. The third kappa shape index (κ3) is 3.08. The van der Waals surface area contributed by atoms with Crippen molar-refractivity contribution in [2.24, 2.45) is 0 Å². The van der Waals surface area contributed by atoms with Gasteiger partial charge in [0, 0.05) is 28.5 Å². The summed E-state index contributed by atoms with van der Waals surface area (Å²) in [7, 11) is 1.82. The highest BCUT2D eigenvalue weighted by Crippen LogP contribution is 2.19. The fourth-order valence-corrected chi connectivity index (χ4v) is 2.05. The molecule has 1 aromatic carbocycles. The second-order valence-electron chi connectivity index (χ2n) is 3.88. The topological polar surface area (TPSA) is 20.3 Å². The molecule has 0 saturated carbocycles. The molecule has 0 aliphatic carbocycles. The summed E-state index contributed by atoms with van der Waals surface area (Å²) < 4.78 is 0.971. The first-order valence-corrected chi connectivity index (χ1v) is 6.98. The zero-order chi connectivity index (χ0) is 12.3. The summed E-state index contributed by atoms with van der Waals surface area (Å²) in [5, 5.41) is 0.780. The van der Waals surface area contributed by atoms with Gasteiger partial charge in [-0.1, -0.05) is 37.9 Å². The Morgan fingerprint density at radius 3 is 2.62 bits per heavy atom. The molecule has 2 nitrogen and oxygen atoms in total. The van der Waals surface area contributed by atoms with Gasteiger partial charge in [0.05, 0.1) is 0 Å². The molecule has 88 valence electrons. The monoisotopic (exact) mass is 347 g/mol. The van der Waals surface area contributed by atoms with E-state index in [1.54, 1.807) is 4.90 Å². The van der Waals surface area contributed by atoms with E-state index < -0.39 is 0 Å². The molecule has 0 aromatic heterocycles. The van der Waals surface area contributed by atoms with Crippen molar-refractivity contribution in [2.75, 3.05) is 12.4 Å². The maximum atomic E-state index is 12.1. The lowest BCUT2D eigenvalue weighted by Gasteiger charge is -2.23. The number of alkyl halides is 1. The van der Waals surface area contributed by atoms with Crippen LogP contribution in [0.15, 0.2) is 22.7 Å². The molecule has 16 heavy (non-hydrogen) atoms. The number of aryl methyl sites for hydroxylation is 1. The van der Waals surface area contributed by atoms with E-state index in [1.807, 2.05) is 39.1 Å². The highest BCUT2D eigenvalue weighted by molar-refractivity contribution is 9.10. The number of halogens is 2. The molecule has 1 atom stereocenters. The van der Waals surface area contributed by atoms with Crippen LogP contribution in [0, 0.1) is 6.92 Å². The maximum absolute atomic E-state index is 12.1. The van der Waals surface area contributed by atoms with Gasteiger partial charge in [-0.15, -0.1) is 0 Å². The number of hydrogen-bond donors (Lipinski definition) is 0. The number of carbonyl (C=O) groups excluding carboxylic acids is 1. The third-order valence-electron chi connectivity index (χ3n) is 2.62. The van der Waals surface area contributed by atoms with E-state index in [2.05, 4.69) is 31.9 Å². The highest BCUT2D eigenvalue weighted by Gasteiger charge is 2.16. The minimum Gasteiger partial charge on any atom is -0.338 e. The highest BCUT2D eigenvalue weighted by atomic mass is 79.9. The van der Waals surface area contributed by atoms with Crippen LogP contribution in [-0.2, 0) is 0 Å². The molecule has 0 heterocycles. The van der Waals surface area contributed by atoms with Crippen LogP contribution in [0.2, 0.25) is 0 Å². The van der Waals surface area contributed by atoms with Crippen LogP contribution >= 0.6 is 31.9 Å². The molecule has 0 N–H and O–H groups in total. The number of carbonyl (C=O) groups is 1. The van der Waals surface area contributed by atoms with Crippen molar-refractivity contribution in [3.63, 3.8) is 0 Å². The Bertz CT molecular complexity index is 393. The predicted octanol–water partition coefficient (Wildman–Crippen LogP) is 3.61. The number of nitrogens with zero attached hydrogens (tertiary/aromatic N) is 1. The van der Waals surface area contributed by atoms with Crippen LogP contribution in [0.3, 0.4) is 0 Å². The first kappa shape index (κ1) is 13.7. The lowest BCUT2D eigenvalue weighted by molar-refractivity contribution is 0.0758. The minimum absolute atomic E-state index is 0.0488. The zero-order valence-electron chi connectivity index (χ0n) is 9.63. The molecular formula is C12H15Br2NO. The molecule has 1 amide bonds. The van der Waals surface area contributed by atoms with Crippen LogP contribution in [0.5, 0.6) is 0 Å². The van der Waals surface area contributed by atoms with Gasteiger partial charge in [0.15, 0.2) is 0 Å². The summed E-state index contributed by atoms with van der Waals surface area (Å²) in [6.07, 6.45) is 0. The number of hydrogen-bond acceptors (Lipinski definition) is 1. The van der Waals surface area contributed by atoms with Crippen LogP contribution in [-0.4, -0.2) is 29.2 Å². The smallest absolute Gasteiger partial charge is 0.253 e. The van der Waals surface area contributed by atoms with Gasteiger partial charge in [-0.25, -0.2) is 0 Å². The van der Waals surface area contributed by atoms with Gasteiger partial charge < -0.3 is 4.90 Å². The average Bonchev–Trinajstić information content (AvgIpc) is 2.29. The minimum atomic E-state index is 0.0488. The summed E-state index contributed by atoms with van der Waals surface area (Å²) in [6.45, 7) is 4.01. The van der Waals surface area contributed by atoms with Crippen molar-refractivity contribution in [1.29, 1.82) is 0 Å². The summed E-state index contributed by atoms with van der Waals surface area (Å²) in [5.41, 5.74) is 1.85. The van der Waals surface area contributed by atoms with E-state index in [-0.39, 0.29) is 11.9 Å². The maximum Gasteiger partial charge on any atom is 0.253 e. The molecule has 1 rings (SSSR count). The van der Waals surface area contributed by atoms with Gasteiger partial charge >= 0.3 is 0 Å². The van der Waals surface area contributed by atoms with Gasteiger partial charge in [-0.05, 0) is 31.5 Å². The summed E-state index contributed by atoms with van der Waals surface area (Å²) >= 11 is 6.82. The number of rotatable bonds is 3. The van der Waals surface area contributed by atoms with Gasteiger partial charge in [0.25, 0.3) is 5.91 Å². The lowest BCUT2D eigenvalue weighted by Crippen LogP contribution is -2.36. The molecule has 4 heteroatoms. The second kappa shape index (κ2) is 5.82. The van der Waals surface area contributed by atoms with Crippen molar-refractivity contribution in [2.45, 2.75) is 19.9 Å². The molecule has 0 aliphatic rings. The van der Waals surface area contributed by atoms with E-state index in [0.29, 0.717) is 5.56 Å². The number of benzene rings is 1. The van der Waals surface area contributed by atoms with Crippen LogP contribution in [0.1, 0.15) is 22.8 Å². The van der Waals surface area contributed by atoms with Crippen molar-refractivity contribution in [3.05, 3.63) is 33.8 Å². The van der Waals surface area contributed by atoms with E-state index in [4.69, 9.17) is 0 Å². The van der Waals surface area contributed by atoms with Crippen molar-refractivity contribution < 1.29 is 4.79 Å². The summed E-state index contributed by atoms with van der Waals surface area (Å²) in [6, 6.07) is 5.87. The lowest BCUT2D eigenvalue weighted by atomic mass is 10.1. The molecule has 0 bridgehead atoms. The van der Waals surface area contributed by atoms with Crippen molar-refractivity contribution in [1.82, 2.24) is 4.90 Å². The van der Waals surface area contributed by atoms with Gasteiger partial charge in [-0.3, -0.25) is 4.79 Å². The Labute approximate surface area is 113 Å². The molecule has 1 unspecified atom stereocenters. The molecule has 0 radical (unpaired) electrons. The third-order valence-corrected chi connectivity index (χ3v) is 4.41. The summed E-state index contributed by atoms with van der Waals surface area (Å²) in [4.78, 5) is 13.8. The zero-order valence-corrected chi connectivity index (χ0v) is 12.8. The van der Waals surface area contributed by atoms with Crippen LogP contribution in [0.4, 0.5) is 0 Å². The van der Waals surface area contributed by atoms with E-state index in [1.165, 1.54) is 0 Å². The van der Waals surface area contributed by atoms with Crippen LogP contribution in [0.25, 0.3) is 0 Å². The largest absolute Gasteiger partial charge is 0.338 e. The predicted molar refractivity (Wildman–Crippen MR) is 74.2 cm³/mol. The first-order valence-electron chi connectivity index (χ1n) is 5.06. The van der Waals surface area contributed by atoms with E-state index >= 15 is 0 Å². The standard InChI is InChI=1S/C12H15Br2NO/c1-8-4-5-10(6-11(8)14)12(16)15(3)9(2)7-13/h4-6,9H,7H2,1-3H3. The van der Waals surface area contributed by atoms with E-state index in [9.17, 15) is 4.79 Å². The van der Waals surface area contributed by atoms with Crippen molar-refractivity contribution in [3.8, 4) is 0 Å². The SMILES string of the molecule is Cc1ccc(C(=O)N(C)C(C)CBr)cc1Br. The summed E-state index contributed by atoms with van der Waals surface area (Å²) in [5.74, 6) is 0.0488. The molecule has 1 aromatic rings. The van der Waals surface area contributed by atoms with Crippen LogP contribution < -0.4 is 0 Å². The Morgan fingerprint density at radius 2 is 2.12 bits per heavy atom. The fourth-order valence-electron chi connectivity index (χ4n) is 1.23. The second-order valence-corrected chi connectivity index (χ2v) is 5.39. The molecule has 0 spiro atoms. The number of amides is 1. The Hall–Kier alpha value is -0.350. The van der Waals surface area contributed by atoms with Gasteiger partial charge in [-0.2, -0.15) is 0 Å².